The van der Waals surface area contributed by atoms with Gasteiger partial charge in [-0.05, 0) is 42.9 Å². The standard InChI is InChI=1S/C14H18/c1-4-12(3)6-7-14-10-8-13(5-2)9-11-14/h8-11H,1,5-7H2,2-3H3. The predicted octanol–water partition coefficient (Wildman–Crippen LogP) is 3.91. The molecule has 0 unspecified atom stereocenters. The molecule has 0 atom stereocenters. The quantitative estimate of drug-likeness (QED) is 0.625. The molecule has 1 aromatic rings. The van der Waals surface area contributed by atoms with Crippen molar-refractivity contribution in [3.63, 3.8) is 0 Å². The summed E-state index contributed by atoms with van der Waals surface area (Å²) in [5.41, 5.74) is 6.97. The van der Waals surface area contributed by atoms with Crippen molar-refractivity contribution in [2.45, 2.75) is 33.1 Å². The zero-order valence-electron chi connectivity index (χ0n) is 9.14. The third kappa shape index (κ3) is 3.24. The highest BCUT2D eigenvalue weighted by Crippen LogP contribution is 2.09. The van der Waals surface area contributed by atoms with Gasteiger partial charge in [-0.15, -0.1) is 5.73 Å². The zero-order valence-corrected chi connectivity index (χ0v) is 9.14. The molecule has 0 N–H and O–H groups in total. The van der Waals surface area contributed by atoms with Gasteiger partial charge in [0.2, 0.25) is 0 Å². The predicted molar refractivity (Wildman–Crippen MR) is 62.5 cm³/mol. The Morgan fingerprint density at radius 1 is 1.21 bits per heavy atom. The van der Waals surface area contributed by atoms with Crippen molar-refractivity contribution >= 4 is 0 Å². The van der Waals surface area contributed by atoms with E-state index >= 15 is 0 Å². The molecule has 0 saturated heterocycles. The van der Waals surface area contributed by atoms with Crippen LogP contribution in [0.25, 0.3) is 0 Å². The fourth-order valence-corrected chi connectivity index (χ4v) is 1.36. The van der Waals surface area contributed by atoms with Crippen molar-refractivity contribution in [2.75, 3.05) is 0 Å². The lowest BCUT2D eigenvalue weighted by atomic mass is 10.0. The fraction of sp³-hybridized carbons (Fsp3) is 0.357. The molecule has 0 aliphatic carbocycles. The number of hydrogen-bond donors (Lipinski definition) is 0. The average Bonchev–Trinajstić information content (AvgIpc) is 2.26. The minimum Gasteiger partial charge on any atom is -0.130 e. The number of benzene rings is 1. The highest BCUT2D eigenvalue weighted by molar-refractivity contribution is 5.23. The van der Waals surface area contributed by atoms with Crippen LogP contribution in [0, 0.1) is 0 Å². The lowest BCUT2D eigenvalue weighted by molar-refractivity contribution is 0.941. The maximum absolute atomic E-state index is 3.64. The highest BCUT2D eigenvalue weighted by atomic mass is 14.0. The minimum absolute atomic E-state index is 1.06. The van der Waals surface area contributed by atoms with E-state index in [2.05, 4.69) is 50.4 Å². The van der Waals surface area contributed by atoms with Crippen LogP contribution in [0.15, 0.2) is 42.1 Å². The second-order valence-electron chi connectivity index (χ2n) is 3.63. The maximum Gasteiger partial charge on any atom is -0.0206 e. The molecule has 0 heterocycles. The lowest BCUT2D eigenvalue weighted by Crippen LogP contribution is -1.87. The van der Waals surface area contributed by atoms with Gasteiger partial charge in [-0.25, -0.2) is 0 Å². The number of rotatable bonds is 4. The second kappa shape index (κ2) is 5.47. The summed E-state index contributed by atoms with van der Waals surface area (Å²) < 4.78 is 0. The molecule has 0 heteroatoms. The summed E-state index contributed by atoms with van der Waals surface area (Å²) in [6, 6.07) is 8.86. The van der Waals surface area contributed by atoms with Gasteiger partial charge in [-0.3, -0.25) is 0 Å². The molecule has 0 nitrogen and oxygen atoms in total. The molecule has 0 aromatic heterocycles. The summed E-state index contributed by atoms with van der Waals surface area (Å²) >= 11 is 0. The van der Waals surface area contributed by atoms with E-state index in [4.69, 9.17) is 0 Å². The van der Waals surface area contributed by atoms with Gasteiger partial charge in [0.15, 0.2) is 0 Å². The summed E-state index contributed by atoms with van der Waals surface area (Å²) in [5.74, 6) is 0. The monoisotopic (exact) mass is 186 g/mol. The zero-order chi connectivity index (χ0) is 10.4. The first-order valence-corrected chi connectivity index (χ1v) is 5.19. The molecule has 0 aliphatic heterocycles. The normalized spacial score (nSPS) is 9.57. The molecule has 0 saturated carbocycles. The molecule has 1 rings (SSSR count). The maximum atomic E-state index is 3.64. The third-order valence-corrected chi connectivity index (χ3v) is 2.52. The van der Waals surface area contributed by atoms with Crippen molar-refractivity contribution in [3.8, 4) is 0 Å². The molecule has 1 aromatic carbocycles. The van der Waals surface area contributed by atoms with Crippen molar-refractivity contribution in [1.82, 2.24) is 0 Å². The lowest BCUT2D eigenvalue weighted by Gasteiger charge is -2.02. The summed E-state index contributed by atoms with van der Waals surface area (Å²) in [6.07, 6.45) is 3.28. The average molecular weight is 186 g/mol. The molecular weight excluding hydrogens is 168 g/mol. The largest absolute Gasteiger partial charge is 0.130 e. The van der Waals surface area contributed by atoms with Crippen LogP contribution in [0.1, 0.15) is 31.4 Å². The first-order valence-electron chi connectivity index (χ1n) is 5.19. The number of hydrogen-bond acceptors (Lipinski definition) is 0. The first kappa shape index (κ1) is 10.8. The van der Waals surface area contributed by atoms with Crippen LogP contribution in [-0.2, 0) is 12.8 Å². The van der Waals surface area contributed by atoms with Crippen LogP contribution in [0.4, 0.5) is 0 Å². The van der Waals surface area contributed by atoms with E-state index < -0.39 is 0 Å². The fourth-order valence-electron chi connectivity index (χ4n) is 1.36. The van der Waals surface area contributed by atoms with E-state index in [0.717, 1.165) is 19.3 Å². The molecule has 0 amide bonds. The van der Waals surface area contributed by atoms with Crippen LogP contribution >= 0.6 is 0 Å². The summed E-state index contributed by atoms with van der Waals surface area (Å²) in [5, 5.41) is 0. The summed E-state index contributed by atoms with van der Waals surface area (Å²) in [7, 11) is 0. The molecule has 0 aliphatic rings. The number of allylic oxidation sites excluding steroid dienone is 1. The Balaban J connectivity index is 2.56. The van der Waals surface area contributed by atoms with Gasteiger partial charge in [-0.1, -0.05) is 37.8 Å². The number of aryl methyl sites for hydroxylation is 2. The van der Waals surface area contributed by atoms with Gasteiger partial charge in [-0.2, -0.15) is 0 Å². The van der Waals surface area contributed by atoms with Crippen LogP contribution in [0.2, 0.25) is 0 Å². The van der Waals surface area contributed by atoms with E-state index in [-0.39, 0.29) is 0 Å². The Hall–Kier alpha value is -1.26. The van der Waals surface area contributed by atoms with E-state index in [1.165, 1.54) is 16.7 Å². The topological polar surface area (TPSA) is 0 Å². The van der Waals surface area contributed by atoms with Crippen LogP contribution in [-0.4, -0.2) is 0 Å². The Morgan fingerprint density at radius 3 is 2.29 bits per heavy atom. The SMILES string of the molecule is C=C=C(C)CCc1ccc(CC)cc1. The van der Waals surface area contributed by atoms with E-state index in [0.29, 0.717) is 0 Å². The Morgan fingerprint density at radius 2 is 1.79 bits per heavy atom. The molecule has 74 valence electrons. The van der Waals surface area contributed by atoms with Crippen molar-refractivity contribution in [3.05, 3.63) is 53.3 Å². The highest BCUT2D eigenvalue weighted by Gasteiger charge is 1.94. The van der Waals surface area contributed by atoms with Crippen molar-refractivity contribution in [1.29, 1.82) is 0 Å². The summed E-state index contributed by atoms with van der Waals surface area (Å²) in [6.45, 7) is 7.90. The van der Waals surface area contributed by atoms with Gasteiger partial charge in [0, 0.05) is 0 Å². The van der Waals surface area contributed by atoms with Gasteiger partial charge >= 0.3 is 0 Å². The van der Waals surface area contributed by atoms with Gasteiger partial charge in [0.25, 0.3) is 0 Å². The molecule has 0 bridgehead atoms. The van der Waals surface area contributed by atoms with Gasteiger partial charge < -0.3 is 0 Å². The molecule has 0 fully saturated rings. The van der Waals surface area contributed by atoms with Gasteiger partial charge in [0.05, 0.1) is 0 Å². The third-order valence-electron chi connectivity index (χ3n) is 2.52. The smallest absolute Gasteiger partial charge is 0.0206 e. The van der Waals surface area contributed by atoms with Crippen molar-refractivity contribution < 1.29 is 0 Å². The Bertz CT molecular complexity index is 324. The van der Waals surface area contributed by atoms with Crippen LogP contribution in [0.5, 0.6) is 0 Å². The summed E-state index contributed by atoms with van der Waals surface area (Å²) in [4.78, 5) is 0. The van der Waals surface area contributed by atoms with E-state index in [1.54, 1.807) is 0 Å². The van der Waals surface area contributed by atoms with E-state index in [1.807, 2.05) is 0 Å². The molecule has 0 radical (unpaired) electrons. The Labute approximate surface area is 87.0 Å². The first-order chi connectivity index (χ1) is 6.76. The molecule has 14 heavy (non-hydrogen) atoms. The minimum atomic E-state index is 1.06. The molecular formula is C14H18. The Kier molecular flexibility index (Phi) is 4.22. The van der Waals surface area contributed by atoms with Gasteiger partial charge in [0.1, 0.15) is 0 Å². The van der Waals surface area contributed by atoms with Crippen molar-refractivity contribution in [2.24, 2.45) is 0 Å². The second-order valence-corrected chi connectivity index (χ2v) is 3.63. The van der Waals surface area contributed by atoms with E-state index in [9.17, 15) is 0 Å². The molecule has 0 spiro atoms. The van der Waals surface area contributed by atoms with Crippen LogP contribution in [0.3, 0.4) is 0 Å². The van der Waals surface area contributed by atoms with Crippen LogP contribution < -0.4 is 0 Å².